The van der Waals surface area contributed by atoms with E-state index in [1.807, 2.05) is 6.92 Å². The largest absolute Gasteiger partial charge is 0.350 e. The zero-order valence-corrected chi connectivity index (χ0v) is 15.4. The highest BCUT2D eigenvalue weighted by Crippen LogP contribution is 2.32. The topological polar surface area (TPSA) is 41.1 Å². The van der Waals surface area contributed by atoms with E-state index in [-0.39, 0.29) is 0 Å². The van der Waals surface area contributed by atoms with Crippen molar-refractivity contribution >= 4 is 17.5 Å². The Bertz CT molecular complexity index is 920. The number of rotatable bonds is 4. The predicted octanol–water partition coefficient (Wildman–Crippen LogP) is 4.79. The third kappa shape index (κ3) is 3.54. The summed E-state index contributed by atoms with van der Waals surface area (Å²) >= 11 is 0. The summed E-state index contributed by atoms with van der Waals surface area (Å²) in [5, 5.41) is 3.38. The fraction of sp³-hybridized carbons (Fsp3) is 0.273. The summed E-state index contributed by atoms with van der Waals surface area (Å²) in [7, 11) is 0. The van der Waals surface area contributed by atoms with E-state index in [2.05, 4.69) is 76.7 Å². The fourth-order valence-corrected chi connectivity index (χ4v) is 3.54. The van der Waals surface area contributed by atoms with Gasteiger partial charge in [-0.2, -0.15) is 4.98 Å². The lowest BCUT2D eigenvalue weighted by atomic mass is 10.0. The van der Waals surface area contributed by atoms with Gasteiger partial charge >= 0.3 is 0 Å². The Morgan fingerprint density at radius 3 is 2.77 bits per heavy atom. The van der Waals surface area contributed by atoms with Gasteiger partial charge in [-0.25, -0.2) is 4.98 Å². The van der Waals surface area contributed by atoms with E-state index in [0.29, 0.717) is 5.95 Å². The number of nitrogens with one attached hydrogen (secondary N) is 1. The van der Waals surface area contributed by atoms with E-state index >= 15 is 0 Å². The van der Waals surface area contributed by atoms with Gasteiger partial charge in [0.15, 0.2) is 0 Å². The zero-order valence-electron chi connectivity index (χ0n) is 15.4. The Kier molecular flexibility index (Phi) is 4.57. The lowest BCUT2D eigenvalue weighted by Gasteiger charge is -2.30. The molecule has 0 atom stereocenters. The minimum Gasteiger partial charge on any atom is -0.350 e. The fourth-order valence-electron chi connectivity index (χ4n) is 3.54. The number of para-hydroxylation sites is 1. The van der Waals surface area contributed by atoms with Gasteiger partial charge < -0.3 is 10.2 Å². The van der Waals surface area contributed by atoms with Gasteiger partial charge in [0.05, 0.1) is 0 Å². The number of nitrogens with zero attached hydrogens (tertiary/aromatic N) is 3. The molecule has 3 aromatic rings. The van der Waals surface area contributed by atoms with Crippen LogP contribution in [0.1, 0.15) is 28.8 Å². The molecule has 0 saturated carbocycles. The van der Waals surface area contributed by atoms with Crippen LogP contribution >= 0.6 is 0 Å². The molecule has 0 bridgehead atoms. The number of hydrogen-bond acceptors (Lipinski definition) is 4. The molecule has 2 aromatic carbocycles. The number of aromatic nitrogens is 2. The third-order valence-corrected chi connectivity index (χ3v) is 4.76. The molecule has 0 spiro atoms. The molecule has 2 heterocycles. The Morgan fingerprint density at radius 1 is 1.00 bits per heavy atom. The molecule has 0 unspecified atom stereocenters. The molecule has 4 nitrogen and oxygen atoms in total. The molecule has 0 aliphatic carbocycles. The highest BCUT2D eigenvalue weighted by atomic mass is 15.2. The first-order chi connectivity index (χ1) is 12.7. The summed E-state index contributed by atoms with van der Waals surface area (Å²) in [5.41, 5.74) is 6.13. The minimum atomic E-state index is 0.685. The summed E-state index contributed by atoms with van der Waals surface area (Å²) in [4.78, 5) is 11.7. The number of anilines is 3. The van der Waals surface area contributed by atoms with Crippen LogP contribution in [-0.4, -0.2) is 16.5 Å². The molecule has 4 heteroatoms. The van der Waals surface area contributed by atoms with Crippen molar-refractivity contribution in [2.45, 2.75) is 33.2 Å². The van der Waals surface area contributed by atoms with Crippen LogP contribution in [0.25, 0.3) is 0 Å². The molecule has 0 amide bonds. The Labute approximate surface area is 154 Å². The second-order valence-electron chi connectivity index (χ2n) is 6.92. The number of fused-ring (bicyclic) bond motifs is 1. The standard InChI is InChI=1S/C22H24N4/c1-16-7-5-8-18(13-16)15-23-22-24-17(2)14-21(25-22)26-12-6-10-19-9-3-4-11-20(19)26/h3-5,7-9,11,13-14H,6,10,12,15H2,1-2H3,(H,23,24,25). The first-order valence-corrected chi connectivity index (χ1v) is 9.19. The Balaban J connectivity index is 1.59. The van der Waals surface area contributed by atoms with Crippen molar-refractivity contribution in [2.75, 3.05) is 16.8 Å². The van der Waals surface area contributed by atoms with Gasteiger partial charge in [-0.3, -0.25) is 0 Å². The molecule has 26 heavy (non-hydrogen) atoms. The molecule has 0 radical (unpaired) electrons. The molecule has 132 valence electrons. The van der Waals surface area contributed by atoms with Gasteiger partial charge in [-0.05, 0) is 43.9 Å². The number of benzene rings is 2. The summed E-state index contributed by atoms with van der Waals surface area (Å²) in [6.45, 7) is 5.85. The van der Waals surface area contributed by atoms with Crippen molar-refractivity contribution in [3.8, 4) is 0 Å². The smallest absolute Gasteiger partial charge is 0.225 e. The summed E-state index contributed by atoms with van der Waals surface area (Å²) in [6.07, 6.45) is 2.28. The maximum absolute atomic E-state index is 4.80. The third-order valence-electron chi connectivity index (χ3n) is 4.76. The van der Waals surface area contributed by atoms with Crippen LogP contribution in [0.5, 0.6) is 0 Å². The molecular formula is C22H24N4. The average molecular weight is 344 g/mol. The molecule has 1 aliphatic heterocycles. The van der Waals surface area contributed by atoms with Crippen molar-refractivity contribution < 1.29 is 0 Å². The van der Waals surface area contributed by atoms with Crippen LogP contribution in [0, 0.1) is 13.8 Å². The molecule has 0 saturated heterocycles. The van der Waals surface area contributed by atoms with Crippen molar-refractivity contribution in [3.63, 3.8) is 0 Å². The highest BCUT2D eigenvalue weighted by molar-refractivity contribution is 5.66. The van der Waals surface area contributed by atoms with Gasteiger partial charge in [-0.1, -0.05) is 48.0 Å². The van der Waals surface area contributed by atoms with Crippen LogP contribution in [0.4, 0.5) is 17.5 Å². The molecule has 4 rings (SSSR count). The van der Waals surface area contributed by atoms with Gasteiger partial charge in [0.1, 0.15) is 5.82 Å². The summed E-state index contributed by atoms with van der Waals surface area (Å²) in [6, 6.07) is 19.2. The lowest BCUT2D eigenvalue weighted by Crippen LogP contribution is -2.25. The summed E-state index contributed by atoms with van der Waals surface area (Å²) < 4.78 is 0. The molecule has 0 fully saturated rings. The molecule has 1 N–H and O–H groups in total. The number of aryl methyl sites for hydroxylation is 3. The predicted molar refractivity (Wildman–Crippen MR) is 107 cm³/mol. The van der Waals surface area contributed by atoms with Crippen molar-refractivity contribution in [3.05, 3.63) is 77.0 Å². The van der Waals surface area contributed by atoms with E-state index in [1.165, 1.54) is 22.4 Å². The lowest BCUT2D eigenvalue weighted by molar-refractivity contribution is 0.758. The van der Waals surface area contributed by atoms with Gasteiger partial charge in [0.2, 0.25) is 5.95 Å². The minimum absolute atomic E-state index is 0.685. The van der Waals surface area contributed by atoms with Gasteiger partial charge in [0, 0.05) is 30.5 Å². The average Bonchev–Trinajstić information content (AvgIpc) is 2.65. The SMILES string of the molecule is Cc1cccc(CNc2nc(C)cc(N3CCCc4ccccc43)n2)c1. The van der Waals surface area contributed by atoms with E-state index in [1.54, 1.807) is 0 Å². The second kappa shape index (κ2) is 7.16. The normalized spacial score (nSPS) is 13.4. The summed E-state index contributed by atoms with van der Waals surface area (Å²) in [5.74, 6) is 1.65. The van der Waals surface area contributed by atoms with Crippen molar-refractivity contribution in [1.82, 2.24) is 9.97 Å². The monoisotopic (exact) mass is 344 g/mol. The van der Waals surface area contributed by atoms with E-state index in [0.717, 1.165) is 37.4 Å². The van der Waals surface area contributed by atoms with Crippen LogP contribution in [0.2, 0.25) is 0 Å². The van der Waals surface area contributed by atoms with Crippen molar-refractivity contribution in [1.29, 1.82) is 0 Å². The second-order valence-corrected chi connectivity index (χ2v) is 6.92. The zero-order chi connectivity index (χ0) is 17.9. The maximum Gasteiger partial charge on any atom is 0.225 e. The van der Waals surface area contributed by atoms with E-state index < -0.39 is 0 Å². The van der Waals surface area contributed by atoms with Gasteiger partial charge in [-0.15, -0.1) is 0 Å². The number of hydrogen-bond donors (Lipinski definition) is 1. The molecular weight excluding hydrogens is 320 g/mol. The molecule has 1 aliphatic rings. The quantitative estimate of drug-likeness (QED) is 0.739. The van der Waals surface area contributed by atoms with Crippen LogP contribution < -0.4 is 10.2 Å². The highest BCUT2D eigenvalue weighted by Gasteiger charge is 2.19. The maximum atomic E-state index is 4.80. The Hall–Kier alpha value is -2.88. The van der Waals surface area contributed by atoms with Crippen LogP contribution in [-0.2, 0) is 13.0 Å². The Morgan fingerprint density at radius 2 is 1.88 bits per heavy atom. The van der Waals surface area contributed by atoms with Crippen molar-refractivity contribution in [2.24, 2.45) is 0 Å². The van der Waals surface area contributed by atoms with E-state index in [9.17, 15) is 0 Å². The van der Waals surface area contributed by atoms with Crippen LogP contribution in [0.3, 0.4) is 0 Å². The van der Waals surface area contributed by atoms with E-state index in [4.69, 9.17) is 4.98 Å². The molecule has 1 aromatic heterocycles. The van der Waals surface area contributed by atoms with Crippen LogP contribution in [0.15, 0.2) is 54.6 Å². The first kappa shape index (κ1) is 16.6. The van der Waals surface area contributed by atoms with Gasteiger partial charge in [0.25, 0.3) is 0 Å². The first-order valence-electron chi connectivity index (χ1n) is 9.19.